The molecule has 0 aliphatic carbocycles. The third-order valence-corrected chi connectivity index (χ3v) is 4.72. The lowest BCUT2D eigenvalue weighted by atomic mass is 10.2. The SMILES string of the molecule is CSc1nn(-c2c(Cl)cc(C(F)(F)F)cc2Cl)c(Br)c1C=O. The Morgan fingerprint density at radius 2 is 1.86 bits per heavy atom. The fraction of sp³-hybridized carbons (Fsp3) is 0.167. The van der Waals surface area contributed by atoms with Crippen LogP contribution in [0, 0.1) is 0 Å². The molecule has 0 atom stereocenters. The van der Waals surface area contributed by atoms with E-state index in [1.165, 1.54) is 16.4 Å². The second-order valence-electron chi connectivity index (χ2n) is 4.03. The van der Waals surface area contributed by atoms with Gasteiger partial charge in [0.1, 0.15) is 15.3 Å². The number of hydrogen-bond acceptors (Lipinski definition) is 3. The molecular weight excluding hydrogens is 428 g/mol. The first kappa shape index (κ1) is 17.7. The molecular formula is C12H6BrCl2F3N2OS. The molecule has 0 saturated carbocycles. The molecule has 2 rings (SSSR count). The average Bonchev–Trinajstić information content (AvgIpc) is 2.73. The summed E-state index contributed by atoms with van der Waals surface area (Å²) in [5.74, 6) is 0. The van der Waals surface area contributed by atoms with Crippen molar-refractivity contribution in [2.75, 3.05) is 6.26 Å². The molecule has 10 heteroatoms. The molecule has 1 aromatic heterocycles. The Bertz CT molecular complexity index is 726. The third-order valence-electron chi connectivity index (χ3n) is 2.70. The molecule has 0 unspecified atom stereocenters. The highest BCUT2D eigenvalue weighted by Gasteiger charge is 2.32. The molecule has 2 aromatic rings. The van der Waals surface area contributed by atoms with E-state index in [9.17, 15) is 18.0 Å². The number of rotatable bonds is 3. The Kier molecular flexibility index (Phi) is 5.16. The van der Waals surface area contributed by atoms with Crippen LogP contribution in [0.4, 0.5) is 13.2 Å². The van der Waals surface area contributed by atoms with Crippen molar-refractivity contribution in [1.29, 1.82) is 0 Å². The second kappa shape index (κ2) is 6.43. The van der Waals surface area contributed by atoms with Crippen LogP contribution in [0.25, 0.3) is 5.69 Å². The molecule has 0 amide bonds. The first-order valence-electron chi connectivity index (χ1n) is 5.55. The van der Waals surface area contributed by atoms with Crippen molar-refractivity contribution in [2.45, 2.75) is 11.2 Å². The second-order valence-corrected chi connectivity index (χ2v) is 6.39. The molecule has 1 aromatic carbocycles. The summed E-state index contributed by atoms with van der Waals surface area (Å²) in [5, 5.41) is 4.07. The Balaban J connectivity index is 2.69. The number of carbonyl (C=O) groups is 1. The Hall–Kier alpha value is -0.700. The molecule has 22 heavy (non-hydrogen) atoms. The van der Waals surface area contributed by atoms with Crippen LogP contribution in [-0.4, -0.2) is 22.3 Å². The number of alkyl halides is 3. The van der Waals surface area contributed by atoms with Crippen molar-refractivity contribution in [3.63, 3.8) is 0 Å². The van der Waals surface area contributed by atoms with Gasteiger partial charge in [0.05, 0.1) is 21.2 Å². The van der Waals surface area contributed by atoms with Crippen LogP contribution in [-0.2, 0) is 6.18 Å². The number of benzene rings is 1. The molecule has 0 N–H and O–H groups in total. The summed E-state index contributed by atoms with van der Waals surface area (Å²) in [7, 11) is 0. The highest BCUT2D eigenvalue weighted by molar-refractivity contribution is 9.10. The minimum atomic E-state index is -4.56. The normalized spacial score (nSPS) is 11.8. The van der Waals surface area contributed by atoms with Crippen molar-refractivity contribution >= 4 is 57.2 Å². The van der Waals surface area contributed by atoms with Gasteiger partial charge in [0.15, 0.2) is 6.29 Å². The molecule has 0 radical (unpaired) electrons. The lowest BCUT2D eigenvalue weighted by Crippen LogP contribution is -2.07. The van der Waals surface area contributed by atoms with Gasteiger partial charge in [-0.15, -0.1) is 11.8 Å². The van der Waals surface area contributed by atoms with E-state index < -0.39 is 11.7 Å². The van der Waals surface area contributed by atoms with E-state index in [4.69, 9.17) is 23.2 Å². The summed E-state index contributed by atoms with van der Waals surface area (Å²) < 4.78 is 39.7. The Morgan fingerprint density at radius 1 is 1.32 bits per heavy atom. The molecule has 0 fully saturated rings. The van der Waals surface area contributed by atoms with Crippen molar-refractivity contribution in [1.82, 2.24) is 9.78 Å². The Labute approximate surface area is 145 Å². The van der Waals surface area contributed by atoms with Crippen LogP contribution in [0.3, 0.4) is 0 Å². The minimum absolute atomic E-state index is 0.0617. The maximum atomic E-state index is 12.7. The van der Waals surface area contributed by atoms with Gasteiger partial charge in [0.25, 0.3) is 0 Å². The van der Waals surface area contributed by atoms with Crippen LogP contribution in [0.1, 0.15) is 15.9 Å². The smallest absolute Gasteiger partial charge is 0.298 e. The summed E-state index contributed by atoms with van der Waals surface area (Å²) in [6.07, 6.45) is -2.26. The van der Waals surface area contributed by atoms with Crippen LogP contribution in [0.15, 0.2) is 21.8 Å². The largest absolute Gasteiger partial charge is 0.416 e. The average molecular weight is 434 g/mol. The lowest BCUT2D eigenvalue weighted by molar-refractivity contribution is -0.137. The van der Waals surface area contributed by atoms with Gasteiger partial charge in [-0.2, -0.15) is 18.3 Å². The number of halogens is 6. The fourth-order valence-electron chi connectivity index (χ4n) is 1.72. The molecule has 0 bridgehead atoms. The predicted octanol–water partition coefficient (Wildman–Crippen LogP) is 5.49. The number of aldehydes is 1. The van der Waals surface area contributed by atoms with Crippen LogP contribution in [0.2, 0.25) is 10.0 Å². The van der Waals surface area contributed by atoms with Gasteiger partial charge in [-0.05, 0) is 34.3 Å². The molecule has 3 nitrogen and oxygen atoms in total. The molecule has 0 spiro atoms. The van der Waals surface area contributed by atoms with Gasteiger partial charge in [0.2, 0.25) is 0 Å². The zero-order valence-corrected chi connectivity index (χ0v) is 14.6. The van der Waals surface area contributed by atoms with Gasteiger partial charge >= 0.3 is 6.18 Å². The van der Waals surface area contributed by atoms with Gasteiger partial charge in [-0.25, -0.2) is 4.68 Å². The van der Waals surface area contributed by atoms with Gasteiger partial charge in [-0.1, -0.05) is 23.2 Å². The monoisotopic (exact) mass is 432 g/mol. The quantitative estimate of drug-likeness (QED) is 0.473. The lowest BCUT2D eigenvalue weighted by Gasteiger charge is -2.13. The number of aromatic nitrogens is 2. The molecule has 0 aliphatic heterocycles. The highest BCUT2D eigenvalue weighted by atomic mass is 79.9. The first-order valence-corrected chi connectivity index (χ1v) is 8.32. The summed E-state index contributed by atoms with van der Waals surface area (Å²) in [5.41, 5.74) is -0.638. The molecule has 118 valence electrons. The van der Waals surface area contributed by atoms with Gasteiger partial charge < -0.3 is 0 Å². The van der Waals surface area contributed by atoms with Crippen molar-refractivity contribution < 1.29 is 18.0 Å². The van der Waals surface area contributed by atoms with E-state index in [1.54, 1.807) is 6.26 Å². The zero-order valence-electron chi connectivity index (χ0n) is 10.7. The topological polar surface area (TPSA) is 34.9 Å². The molecule has 0 saturated heterocycles. The standard InChI is InChI=1S/C12H6BrCl2F3N2OS/c1-22-11-6(4-21)10(13)20(19-11)9-7(14)2-5(3-8(9)15)12(16,17)18/h2-4H,1H3. The van der Waals surface area contributed by atoms with Crippen molar-refractivity contribution in [2.24, 2.45) is 0 Å². The third kappa shape index (κ3) is 3.15. The fourth-order valence-corrected chi connectivity index (χ4v) is 3.56. The summed E-state index contributed by atoms with van der Waals surface area (Å²) in [6, 6.07) is 1.52. The first-order chi connectivity index (χ1) is 10.2. The van der Waals surface area contributed by atoms with E-state index >= 15 is 0 Å². The predicted molar refractivity (Wildman–Crippen MR) is 83.5 cm³/mol. The van der Waals surface area contributed by atoms with Gasteiger partial charge in [-0.3, -0.25) is 4.79 Å². The number of thioether (sulfide) groups is 1. The van der Waals surface area contributed by atoms with E-state index in [2.05, 4.69) is 21.0 Å². The number of nitrogens with zero attached hydrogens (tertiary/aromatic N) is 2. The summed E-state index contributed by atoms with van der Waals surface area (Å²) in [4.78, 5) is 11.1. The van der Waals surface area contributed by atoms with E-state index in [1.807, 2.05) is 0 Å². The summed E-state index contributed by atoms with van der Waals surface area (Å²) in [6.45, 7) is 0. The van der Waals surface area contributed by atoms with E-state index in [0.29, 0.717) is 11.3 Å². The molecule has 1 heterocycles. The van der Waals surface area contributed by atoms with E-state index in [0.717, 1.165) is 12.1 Å². The number of carbonyl (C=O) groups excluding carboxylic acids is 1. The van der Waals surface area contributed by atoms with E-state index in [-0.39, 0.29) is 25.9 Å². The van der Waals surface area contributed by atoms with Crippen LogP contribution >= 0.6 is 50.9 Å². The Morgan fingerprint density at radius 3 is 2.23 bits per heavy atom. The minimum Gasteiger partial charge on any atom is -0.298 e. The van der Waals surface area contributed by atoms with Crippen LogP contribution in [0.5, 0.6) is 0 Å². The highest BCUT2D eigenvalue weighted by Crippen LogP contribution is 2.39. The van der Waals surface area contributed by atoms with Crippen LogP contribution < -0.4 is 0 Å². The maximum Gasteiger partial charge on any atom is 0.416 e. The summed E-state index contributed by atoms with van der Waals surface area (Å²) >= 11 is 16.3. The maximum absolute atomic E-state index is 12.7. The molecule has 0 aliphatic rings. The van der Waals surface area contributed by atoms with Crippen molar-refractivity contribution in [3.05, 3.63) is 37.9 Å². The number of hydrogen-bond donors (Lipinski definition) is 0. The zero-order chi connectivity index (χ0) is 16.7. The van der Waals surface area contributed by atoms with Crippen molar-refractivity contribution in [3.8, 4) is 5.69 Å². The van der Waals surface area contributed by atoms with Gasteiger partial charge in [0, 0.05) is 0 Å².